The van der Waals surface area contributed by atoms with E-state index in [-0.39, 0.29) is 5.97 Å². The number of carbonyl (C=O) groups is 1. The Hall–Kier alpha value is -2.35. The number of hydrogen-bond acceptors (Lipinski definition) is 2. The van der Waals surface area contributed by atoms with E-state index in [0.29, 0.717) is 5.75 Å². The van der Waals surface area contributed by atoms with Crippen molar-refractivity contribution >= 4 is 12.0 Å². The van der Waals surface area contributed by atoms with Crippen molar-refractivity contribution < 1.29 is 9.53 Å². The molecule has 2 aromatic carbocycles. The highest BCUT2D eigenvalue weighted by Gasteiger charge is 1.99. The fraction of sp³-hybridized carbons (Fsp3) is 0.0625. The van der Waals surface area contributed by atoms with Gasteiger partial charge >= 0.3 is 5.97 Å². The first kappa shape index (κ1) is 12.1. The summed E-state index contributed by atoms with van der Waals surface area (Å²) < 4.78 is 5.19. The molecule has 0 bridgehead atoms. The predicted octanol–water partition coefficient (Wildman–Crippen LogP) is 3.61. The zero-order chi connectivity index (χ0) is 12.8. The van der Waals surface area contributed by atoms with Crippen molar-refractivity contribution in [3.63, 3.8) is 0 Å². The number of aryl methyl sites for hydroxylation is 1. The van der Waals surface area contributed by atoms with E-state index in [2.05, 4.69) is 0 Å². The molecule has 0 atom stereocenters. The van der Waals surface area contributed by atoms with Gasteiger partial charge in [-0.3, -0.25) is 0 Å². The summed E-state index contributed by atoms with van der Waals surface area (Å²) in [5.41, 5.74) is 2.03. The number of esters is 1. The van der Waals surface area contributed by atoms with Crippen LogP contribution in [0.15, 0.2) is 60.7 Å². The van der Waals surface area contributed by atoms with E-state index in [9.17, 15) is 4.79 Å². The number of carbonyl (C=O) groups excluding carboxylic acids is 1. The van der Waals surface area contributed by atoms with E-state index in [1.807, 2.05) is 55.5 Å². The van der Waals surface area contributed by atoms with Crippen LogP contribution in [-0.4, -0.2) is 5.97 Å². The third kappa shape index (κ3) is 3.59. The highest BCUT2D eigenvalue weighted by Crippen LogP contribution is 2.12. The first-order valence-corrected chi connectivity index (χ1v) is 5.76. The maximum absolute atomic E-state index is 11.6. The Morgan fingerprint density at radius 2 is 1.83 bits per heavy atom. The van der Waals surface area contributed by atoms with Crippen LogP contribution in [0, 0.1) is 6.92 Å². The van der Waals surface area contributed by atoms with Gasteiger partial charge in [0.05, 0.1) is 0 Å². The minimum atomic E-state index is -0.371. The predicted molar refractivity (Wildman–Crippen MR) is 72.3 cm³/mol. The Balaban J connectivity index is 1.99. The van der Waals surface area contributed by atoms with E-state index in [4.69, 9.17) is 4.74 Å². The number of hydrogen-bond donors (Lipinski definition) is 0. The molecule has 0 heterocycles. The van der Waals surface area contributed by atoms with Crippen LogP contribution in [0.25, 0.3) is 6.08 Å². The smallest absolute Gasteiger partial charge is 0.336 e. The molecule has 18 heavy (non-hydrogen) atoms. The highest BCUT2D eigenvalue weighted by atomic mass is 16.5. The largest absolute Gasteiger partial charge is 0.423 e. The number of ether oxygens (including phenoxy) is 1. The van der Waals surface area contributed by atoms with E-state index >= 15 is 0 Å². The maximum atomic E-state index is 11.6. The molecular formula is C16H14O2. The van der Waals surface area contributed by atoms with Crippen LogP contribution in [0.2, 0.25) is 0 Å². The molecule has 0 aliphatic heterocycles. The maximum Gasteiger partial charge on any atom is 0.336 e. The monoisotopic (exact) mass is 238 g/mol. The molecule has 0 aromatic heterocycles. The average Bonchev–Trinajstić information content (AvgIpc) is 2.38. The van der Waals surface area contributed by atoms with Gasteiger partial charge in [-0.2, -0.15) is 0 Å². The standard InChI is InChI=1S/C16H14O2/c1-13-6-5-9-15(12-13)18-16(17)11-10-14-7-3-2-4-8-14/h2-12H,1H3/b11-10+. The van der Waals surface area contributed by atoms with Gasteiger partial charge in [0.25, 0.3) is 0 Å². The molecule has 0 aliphatic carbocycles. The van der Waals surface area contributed by atoms with Gasteiger partial charge in [-0.1, -0.05) is 42.5 Å². The van der Waals surface area contributed by atoms with Crippen LogP contribution < -0.4 is 4.74 Å². The Labute approximate surface area is 107 Å². The fourth-order valence-electron chi connectivity index (χ4n) is 1.56. The lowest BCUT2D eigenvalue weighted by Crippen LogP contribution is -2.03. The molecule has 2 heteroatoms. The van der Waals surface area contributed by atoms with Gasteiger partial charge in [0.1, 0.15) is 5.75 Å². The van der Waals surface area contributed by atoms with Crippen molar-refractivity contribution in [1.82, 2.24) is 0 Å². The van der Waals surface area contributed by atoms with Crippen LogP contribution in [0.1, 0.15) is 11.1 Å². The van der Waals surface area contributed by atoms with Crippen molar-refractivity contribution in [3.05, 3.63) is 71.8 Å². The van der Waals surface area contributed by atoms with Crippen LogP contribution >= 0.6 is 0 Å². The SMILES string of the molecule is Cc1cccc(OC(=O)/C=C/c2ccccc2)c1. The molecule has 2 nitrogen and oxygen atoms in total. The Bertz CT molecular complexity index is 556. The van der Waals surface area contributed by atoms with Crippen molar-refractivity contribution in [2.24, 2.45) is 0 Å². The lowest BCUT2D eigenvalue weighted by molar-refractivity contribution is -0.128. The first-order valence-electron chi connectivity index (χ1n) is 5.76. The van der Waals surface area contributed by atoms with Gasteiger partial charge in [-0.15, -0.1) is 0 Å². The normalized spacial score (nSPS) is 10.5. The average molecular weight is 238 g/mol. The molecule has 0 fully saturated rings. The molecule has 0 saturated carbocycles. The number of benzene rings is 2. The topological polar surface area (TPSA) is 26.3 Å². The summed E-state index contributed by atoms with van der Waals surface area (Å²) in [5, 5.41) is 0. The Kier molecular flexibility index (Phi) is 3.92. The zero-order valence-electron chi connectivity index (χ0n) is 10.2. The molecule has 0 saturated heterocycles. The Morgan fingerprint density at radius 1 is 1.06 bits per heavy atom. The van der Waals surface area contributed by atoms with Gasteiger partial charge in [-0.05, 0) is 36.3 Å². The molecule has 2 rings (SSSR count). The van der Waals surface area contributed by atoms with Crippen LogP contribution in [0.3, 0.4) is 0 Å². The zero-order valence-corrected chi connectivity index (χ0v) is 10.2. The second kappa shape index (κ2) is 5.82. The van der Waals surface area contributed by atoms with Gasteiger partial charge in [0.15, 0.2) is 0 Å². The van der Waals surface area contributed by atoms with E-state index < -0.39 is 0 Å². The van der Waals surface area contributed by atoms with Gasteiger partial charge in [0, 0.05) is 6.08 Å². The van der Waals surface area contributed by atoms with E-state index in [0.717, 1.165) is 11.1 Å². The van der Waals surface area contributed by atoms with Crippen molar-refractivity contribution in [3.8, 4) is 5.75 Å². The second-order valence-electron chi connectivity index (χ2n) is 3.98. The van der Waals surface area contributed by atoms with Crippen LogP contribution in [0.4, 0.5) is 0 Å². The molecule has 0 radical (unpaired) electrons. The summed E-state index contributed by atoms with van der Waals surface area (Å²) in [6, 6.07) is 17.0. The van der Waals surface area contributed by atoms with Crippen LogP contribution in [-0.2, 0) is 4.79 Å². The minimum absolute atomic E-state index is 0.371. The van der Waals surface area contributed by atoms with E-state index in [1.54, 1.807) is 12.1 Å². The van der Waals surface area contributed by atoms with E-state index in [1.165, 1.54) is 6.08 Å². The quantitative estimate of drug-likeness (QED) is 0.464. The molecule has 0 aliphatic rings. The fourth-order valence-corrected chi connectivity index (χ4v) is 1.56. The summed E-state index contributed by atoms with van der Waals surface area (Å²) in [7, 11) is 0. The van der Waals surface area contributed by atoms with Gasteiger partial charge in [0.2, 0.25) is 0 Å². The summed E-state index contributed by atoms with van der Waals surface area (Å²) in [6.45, 7) is 1.96. The first-order chi connectivity index (χ1) is 8.74. The summed E-state index contributed by atoms with van der Waals surface area (Å²) in [5.74, 6) is 0.196. The van der Waals surface area contributed by atoms with Crippen molar-refractivity contribution in [1.29, 1.82) is 0 Å². The molecular weight excluding hydrogens is 224 g/mol. The minimum Gasteiger partial charge on any atom is -0.423 e. The third-order valence-electron chi connectivity index (χ3n) is 2.42. The lowest BCUT2D eigenvalue weighted by Gasteiger charge is -2.01. The molecule has 2 aromatic rings. The summed E-state index contributed by atoms with van der Waals surface area (Å²) in [6.07, 6.45) is 3.16. The molecule has 90 valence electrons. The molecule has 0 unspecified atom stereocenters. The second-order valence-corrected chi connectivity index (χ2v) is 3.98. The highest BCUT2D eigenvalue weighted by molar-refractivity contribution is 5.88. The molecule has 0 spiro atoms. The number of rotatable bonds is 3. The Morgan fingerprint density at radius 3 is 2.56 bits per heavy atom. The van der Waals surface area contributed by atoms with Gasteiger partial charge in [-0.25, -0.2) is 4.79 Å². The third-order valence-corrected chi connectivity index (χ3v) is 2.42. The molecule has 0 N–H and O–H groups in total. The van der Waals surface area contributed by atoms with Gasteiger partial charge < -0.3 is 4.74 Å². The molecule has 0 amide bonds. The summed E-state index contributed by atoms with van der Waals surface area (Å²) in [4.78, 5) is 11.6. The lowest BCUT2D eigenvalue weighted by atomic mass is 10.2. The summed E-state index contributed by atoms with van der Waals surface area (Å²) >= 11 is 0. The van der Waals surface area contributed by atoms with Crippen molar-refractivity contribution in [2.45, 2.75) is 6.92 Å². The van der Waals surface area contributed by atoms with Crippen LogP contribution in [0.5, 0.6) is 5.75 Å². The van der Waals surface area contributed by atoms with Crippen molar-refractivity contribution in [2.75, 3.05) is 0 Å².